The Morgan fingerprint density at radius 2 is 0.904 bits per heavy atom. The van der Waals surface area contributed by atoms with Crippen molar-refractivity contribution in [2.24, 2.45) is 0 Å². The van der Waals surface area contributed by atoms with Crippen molar-refractivity contribution in [3.05, 3.63) is 85.1 Å². The highest BCUT2D eigenvalue weighted by molar-refractivity contribution is 5.70. The number of hydrogen-bond donors (Lipinski definition) is 0. The lowest BCUT2D eigenvalue weighted by atomic mass is 10.1. The molecule has 0 aliphatic heterocycles. The van der Waals surface area contributed by atoms with Gasteiger partial charge in [0, 0.05) is 19.4 Å². The maximum atomic E-state index is 12.6. The average molecular weight is 723 g/mol. The van der Waals surface area contributed by atoms with Crippen LogP contribution in [0.15, 0.2) is 85.1 Å². The highest BCUT2D eigenvalue weighted by Gasteiger charge is 2.17. The quantitative estimate of drug-likeness (QED) is 0.0363. The van der Waals surface area contributed by atoms with Crippen LogP contribution in [0.3, 0.4) is 0 Å². The van der Waals surface area contributed by atoms with E-state index in [0.29, 0.717) is 25.9 Å². The van der Waals surface area contributed by atoms with E-state index in [1.165, 1.54) is 51.4 Å². The summed E-state index contributed by atoms with van der Waals surface area (Å²) in [5.41, 5.74) is 0. The van der Waals surface area contributed by atoms with Crippen molar-refractivity contribution in [2.75, 3.05) is 19.8 Å². The van der Waals surface area contributed by atoms with E-state index >= 15 is 0 Å². The lowest BCUT2D eigenvalue weighted by Crippen LogP contribution is -2.30. The van der Waals surface area contributed by atoms with Crippen molar-refractivity contribution in [3.8, 4) is 0 Å². The van der Waals surface area contributed by atoms with E-state index in [1.54, 1.807) is 0 Å². The zero-order valence-corrected chi connectivity index (χ0v) is 33.8. The Morgan fingerprint density at radius 1 is 0.442 bits per heavy atom. The smallest absolute Gasteiger partial charge is 0.306 e. The van der Waals surface area contributed by atoms with Crippen LogP contribution in [0, 0.1) is 0 Å². The Hall–Kier alpha value is -2.92. The minimum atomic E-state index is -0.579. The number of unbranched alkanes of at least 4 members (excludes halogenated alkanes) is 12. The molecular weight excluding hydrogens is 645 g/mol. The SMILES string of the molecule is CC/C=C\C/C=C\C/C=C\C/C=C\CCC(=O)OC(COCCCCCCCCCC)COC(=O)CCCCCCC/C=C\C/C=C\C/C=C\CC. The molecule has 52 heavy (non-hydrogen) atoms. The second-order valence-corrected chi connectivity index (χ2v) is 13.5. The number of ether oxygens (including phenoxy) is 3. The summed E-state index contributed by atoms with van der Waals surface area (Å²) in [5, 5.41) is 0. The lowest BCUT2D eigenvalue weighted by molar-refractivity contribution is -0.162. The first kappa shape index (κ1) is 49.1. The molecule has 0 aliphatic rings. The summed E-state index contributed by atoms with van der Waals surface area (Å²) < 4.78 is 17.1. The molecule has 0 aromatic rings. The minimum Gasteiger partial charge on any atom is -0.462 e. The molecule has 0 spiro atoms. The maximum absolute atomic E-state index is 12.6. The van der Waals surface area contributed by atoms with E-state index in [0.717, 1.165) is 83.5 Å². The Balaban J connectivity index is 4.35. The molecule has 5 nitrogen and oxygen atoms in total. The van der Waals surface area contributed by atoms with E-state index < -0.39 is 6.10 Å². The fourth-order valence-corrected chi connectivity index (χ4v) is 5.36. The van der Waals surface area contributed by atoms with Gasteiger partial charge in [0.25, 0.3) is 0 Å². The predicted molar refractivity (Wildman–Crippen MR) is 223 cm³/mol. The van der Waals surface area contributed by atoms with E-state index in [4.69, 9.17) is 14.2 Å². The molecule has 0 aromatic carbocycles. The van der Waals surface area contributed by atoms with Crippen molar-refractivity contribution >= 4 is 11.9 Å². The van der Waals surface area contributed by atoms with Crippen molar-refractivity contribution < 1.29 is 23.8 Å². The maximum Gasteiger partial charge on any atom is 0.306 e. The normalized spacial score (nSPS) is 13.1. The molecule has 0 radical (unpaired) electrons. The van der Waals surface area contributed by atoms with Crippen LogP contribution in [0.4, 0.5) is 0 Å². The number of esters is 2. The van der Waals surface area contributed by atoms with Crippen molar-refractivity contribution in [1.82, 2.24) is 0 Å². The first-order valence-electron chi connectivity index (χ1n) is 21.1. The molecule has 5 heteroatoms. The third kappa shape index (κ3) is 39.9. The van der Waals surface area contributed by atoms with E-state index in [-0.39, 0.29) is 25.2 Å². The molecule has 1 unspecified atom stereocenters. The van der Waals surface area contributed by atoms with Gasteiger partial charge < -0.3 is 14.2 Å². The second-order valence-electron chi connectivity index (χ2n) is 13.5. The van der Waals surface area contributed by atoms with Crippen LogP contribution in [0.2, 0.25) is 0 Å². The fourth-order valence-electron chi connectivity index (χ4n) is 5.36. The number of allylic oxidation sites excluding steroid dienone is 14. The highest BCUT2D eigenvalue weighted by atomic mass is 16.6. The van der Waals surface area contributed by atoms with Gasteiger partial charge in [-0.05, 0) is 77.0 Å². The largest absolute Gasteiger partial charge is 0.462 e. The molecule has 1 atom stereocenters. The molecule has 0 saturated carbocycles. The third-order valence-corrected chi connectivity index (χ3v) is 8.44. The van der Waals surface area contributed by atoms with Gasteiger partial charge in [0.2, 0.25) is 0 Å². The molecule has 296 valence electrons. The Bertz CT molecular complexity index is 999. The van der Waals surface area contributed by atoms with E-state index in [2.05, 4.69) is 99.8 Å². The van der Waals surface area contributed by atoms with Crippen LogP contribution >= 0.6 is 0 Å². The Morgan fingerprint density at radius 3 is 1.46 bits per heavy atom. The Kier molecular flexibility index (Phi) is 40.1. The number of carbonyl (C=O) groups excluding carboxylic acids is 2. The molecule has 0 N–H and O–H groups in total. The van der Waals surface area contributed by atoms with Crippen molar-refractivity contribution in [2.45, 2.75) is 181 Å². The van der Waals surface area contributed by atoms with Crippen LogP contribution in [0.25, 0.3) is 0 Å². The summed E-state index contributed by atoms with van der Waals surface area (Å²) >= 11 is 0. The van der Waals surface area contributed by atoms with Crippen LogP contribution in [0.5, 0.6) is 0 Å². The molecule has 0 saturated heterocycles. The predicted octanol–water partition coefficient (Wildman–Crippen LogP) is 13.8. The second kappa shape index (κ2) is 42.5. The van der Waals surface area contributed by atoms with Gasteiger partial charge in [-0.25, -0.2) is 0 Å². The lowest BCUT2D eigenvalue weighted by Gasteiger charge is -2.18. The van der Waals surface area contributed by atoms with Crippen molar-refractivity contribution in [1.29, 1.82) is 0 Å². The Labute approximate surface area is 320 Å². The molecule has 0 aliphatic carbocycles. The van der Waals surface area contributed by atoms with Crippen LogP contribution in [-0.4, -0.2) is 37.9 Å². The molecule has 0 heterocycles. The van der Waals surface area contributed by atoms with Gasteiger partial charge in [-0.2, -0.15) is 0 Å². The summed E-state index contributed by atoms with van der Waals surface area (Å²) in [6.45, 7) is 7.46. The molecule has 0 amide bonds. The minimum absolute atomic E-state index is 0.0446. The number of hydrogen-bond acceptors (Lipinski definition) is 5. The van der Waals surface area contributed by atoms with E-state index in [1.807, 2.05) is 6.08 Å². The third-order valence-electron chi connectivity index (χ3n) is 8.44. The number of rotatable bonds is 37. The summed E-state index contributed by atoms with van der Waals surface area (Å²) in [6, 6.07) is 0. The molecule has 0 fully saturated rings. The first-order chi connectivity index (χ1) is 25.6. The van der Waals surface area contributed by atoms with Gasteiger partial charge in [-0.3, -0.25) is 9.59 Å². The van der Waals surface area contributed by atoms with Gasteiger partial charge in [-0.15, -0.1) is 0 Å². The standard InChI is InChI=1S/C47H78O5/c1-4-7-10-13-16-19-21-23-24-26-27-29-31-34-37-40-46(48)51-44-45(43-50-42-39-36-33-18-15-12-9-6-3)52-47(49)41-38-35-32-30-28-25-22-20-17-14-11-8-5-2/h7-8,10-11,16-17,19-20,23-25,28,32,35,45H,4-6,9,12-15,18,21-22,26-27,29-31,33-34,36-44H2,1-3H3/b10-7-,11-8-,19-16-,20-17-,24-23-,28-25-,35-32-. The van der Waals surface area contributed by atoms with Gasteiger partial charge in [0.1, 0.15) is 6.61 Å². The van der Waals surface area contributed by atoms with Crippen LogP contribution in [-0.2, 0) is 23.8 Å². The number of carbonyl (C=O) groups is 2. The summed E-state index contributed by atoms with van der Waals surface area (Å²) in [6.07, 6.45) is 54.5. The molecule has 0 rings (SSSR count). The summed E-state index contributed by atoms with van der Waals surface area (Å²) in [5.74, 6) is -0.518. The highest BCUT2D eigenvalue weighted by Crippen LogP contribution is 2.11. The van der Waals surface area contributed by atoms with Gasteiger partial charge >= 0.3 is 11.9 Å². The summed E-state index contributed by atoms with van der Waals surface area (Å²) in [4.78, 5) is 25.1. The van der Waals surface area contributed by atoms with Gasteiger partial charge in [0.05, 0.1) is 6.61 Å². The average Bonchev–Trinajstić information content (AvgIpc) is 3.14. The van der Waals surface area contributed by atoms with Gasteiger partial charge in [-0.1, -0.05) is 170 Å². The van der Waals surface area contributed by atoms with Crippen molar-refractivity contribution in [3.63, 3.8) is 0 Å². The molecular formula is C47H78O5. The fraction of sp³-hybridized carbons (Fsp3) is 0.660. The molecule has 0 aromatic heterocycles. The topological polar surface area (TPSA) is 61.8 Å². The zero-order valence-electron chi connectivity index (χ0n) is 33.8. The van der Waals surface area contributed by atoms with E-state index in [9.17, 15) is 9.59 Å². The molecule has 0 bridgehead atoms. The van der Waals surface area contributed by atoms with Gasteiger partial charge in [0.15, 0.2) is 6.10 Å². The first-order valence-corrected chi connectivity index (χ1v) is 21.1. The zero-order chi connectivity index (χ0) is 37.8. The van der Waals surface area contributed by atoms with Crippen LogP contribution in [0.1, 0.15) is 175 Å². The van der Waals surface area contributed by atoms with Crippen LogP contribution < -0.4 is 0 Å². The summed E-state index contributed by atoms with van der Waals surface area (Å²) in [7, 11) is 0. The monoisotopic (exact) mass is 723 g/mol.